The van der Waals surface area contributed by atoms with Gasteiger partial charge in [-0.05, 0) is 39.2 Å². The van der Waals surface area contributed by atoms with E-state index < -0.39 is 0 Å². The first-order valence-corrected chi connectivity index (χ1v) is 8.60. The fraction of sp³-hybridized carbons (Fsp3) is 0.471. The summed E-state index contributed by atoms with van der Waals surface area (Å²) in [6.07, 6.45) is 6.60. The molecule has 3 aromatic rings. The van der Waals surface area contributed by atoms with Crippen molar-refractivity contribution in [2.45, 2.75) is 45.7 Å². The largest absolute Gasteiger partial charge is 0.352 e. The summed E-state index contributed by atoms with van der Waals surface area (Å²) in [4.78, 5) is 25.4. The van der Waals surface area contributed by atoms with Gasteiger partial charge in [-0.15, -0.1) is 0 Å². The van der Waals surface area contributed by atoms with Crippen LogP contribution < -0.4 is 5.32 Å². The molecule has 0 aromatic carbocycles. The zero-order valence-corrected chi connectivity index (χ0v) is 14.4. The van der Waals surface area contributed by atoms with Gasteiger partial charge in [0.25, 0.3) is 5.91 Å². The lowest BCUT2D eigenvalue weighted by Gasteiger charge is -2.06. The predicted molar refractivity (Wildman–Crippen MR) is 92.2 cm³/mol. The number of carbonyl (C=O) groups is 1. The summed E-state index contributed by atoms with van der Waals surface area (Å²) in [6, 6.07) is 2.34. The maximum absolute atomic E-state index is 12.3. The van der Waals surface area contributed by atoms with Crippen LogP contribution in [0.25, 0.3) is 11.2 Å². The highest BCUT2D eigenvalue weighted by atomic mass is 16.1. The van der Waals surface area contributed by atoms with Crippen LogP contribution in [0.5, 0.6) is 0 Å². The van der Waals surface area contributed by atoms with Gasteiger partial charge in [0, 0.05) is 25.3 Å². The van der Waals surface area contributed by atoms with Crippen molar-refractivity contribution in [3.63, 3.8) is 0 Å². The molecule has 0 unspecified atom stereocenters. The van der Waals surface area contributed by atoms with Crippen LogP contribution >= 0.6 is 0 Å². The fourth-order valence-electron chi connectivity index (χ4n) is 2.97. The highest BCUT2D eigenvalue weighted by molar-refractivity contribution is 5.96. The van der Waals surface area contributed by atoms with Gasteiger partial charge in [-0.3, -0.25) is 9.48 Å². The van der Waals surface area contributed by atoms with Crippen LogP contribution in [0.4, 0.5) is 0 Å². The minimum atomic E-state index is -0.123. The smallest absolute Gasteiger partial charge is 0.252 e. The predicted octanol–water partition coefficient (Wildman–Crippen LogP) is 1.79. The lowest BCUT2D eigenvalue weighted by atomic mass is 10.2. The van der Waals surface area contributed by atoms with E-state index in [4.69, 9.17) is 0 Å². The average Bonchev–Trinajstić information content (AvgIpc) is 3.27. The van der Waals surface area contributed by atoms with Gasteiger partial charge < -0.3 is 9.88 Å². The molecule has 1 fully saturated rings. The Morgan fingerprint density at radius 1 is 1.32 bits per heavy atom. The Kier molecular flexibility index (Phi) is 3.95. The lowest BCUT2D eigenvalue weighted by molar-refractivity contribution is 0.0952. The van der Waals surface area contributed by atoms with E-state index in [0.29, 0.717) is 18.2 Å². The Morgan fingerprint density at radius 3 is 2.88 bits per heavy atom. The van der Waals surface area contributed by atoms with E-state index in [9.17, 15) is 4.79 Å². The summed E-state index contributed by atoms with van der Waals surface area (Å²) >= 11 is 0. The highest BCUT2D eigenvalue weighted by Crippen LogP contribution is 2.36. The molecule has 1 N–H and O–H groups in total. The molecule has 3 aromatic heterocycles. The topological polar surface area (TPSA) is 90.5 Å². The molecule has 1 aliphatic carbocycles. The molecule has 0 radical (unpaired) electrons. The molecule has 1 saturated carbocycles. The summed E-state index contributed by atoms with van der Waals surface area (Å²) in [5.74, 6) is 1.54. The maximum Gasteiger partial charge on any atom is 0.252 e. The Hall–Kier alpha value is -2.77. The first-order chi connectivity index (χ1) is 12.1. The van der Waals surface area contributed by atoms with Crippen molar-refractivity contribution in [2.75, 3.05) is 6.54 Å². The molecule has 8 nitrogen and oxygen atoms in total. The van der Waals surface area contributed by atoms with E-state index in [1.165, 1.54) is 12.8 Å². The van der Waals surface area contributed by atoms with Crippen molar-refractivity contribution in [1.29, 1.82) is 0 Å². The van der Waals surface area contributed by atoms with Crippen molar-refractivity contribution in [3.8, 4) is 0 Å². The van der Waals surface area contributed by atoms with Crippen LogP contribution in [0, 0.1) is 13.8 Å². The number of nitrogens with one attached hydrogen (secondary N) is 1. The number of imidazole rings is 1. The second-order valence-corrected chi connectivity index (χ2v) is 6.49. The second-order valence-electron chi connectivity index (χ2n) is 6.49. The lowest BCUT2D eigenvalue weighted by Crippen LogP contribution is -2.25. The van der Waals surface area contributed by atoms with E-state index in [1.54, 1.807) is 6.20 Å². The Bertz CT molecular complexity index is 922. The van der Waals surface area contributed by atoms with Gasteiger partial charge in [-0.25, -0.2) is 15.0 Å². The van der Waals surface area contributed by atoms with Crippen LogP contribution in [-0.2, 0) is 6.54 Å². The van der Waals surface area contributed by atoms with Crippen LogP contribution in [0.15, 0.2) is 18.6 Å². The van der Waals surface area contributed by atoms with Crippen molar-refractivity contribution in [2.24, 2.45) is 0 Å². The minimum Gasteiger partial charge on any atom is -0.352 e. The summed E-state index contributed by atoms with van der Waals surface area (Å²) in [7, 11) is 0. The van der Waals surface area contributed by atoms with Crippen molar-refractivity contribution >= 4 is 17.1 Å². The summed E-state index contributed by atoms with van der Waals surface area (Å²) in [5, 5.41) is 7.24. The van der Waals surface area contributed by atoms with Crippen LogP contribution in [0.2, 0.25) is 0 Å². The molecule has 25 heavy (non-hydrogen) atoms. The molecule has 4 rings (SSSR count). The van der Waals surface area contributed by atoms with Crippen LogP contribution in [0.3, 0.4) is 0 Å². The molecule has 0 bridgehead atoms. The zero-order valence-electron chi connectivity index (χ0n) is 14.4. The SMILES string of the molecule is Cc1nc(C)n(CCCNC(=O)c2cnc3c(c2)ncn3C2CC2)n1. The Morgan fingerprint density at radius 2 is 2.16 bits per heavy atom. The van der Waals surface area contributed by atoms with E-state index in [0.717, 1.165) is 35.8 Å². The molecule has 1 amide bonds. The van der Waals surface area contributed by atoms with Gasteiger partial charge in [-0.1, -0.05) is 0 Å². The molecule has 130 valence electrons. The summed E-state index contributed by atoms with van der Waals surface area (Å²) in [6.45, 7) is 5.11. The molecule has 0 atom stereocenters. The number of hydrogen-bond acceptors (Lipinski definition) is 5. The molecule has 1 aliphatic rings. The third kappa shape index (κ3) is 3.24. The van der Waals surface area contributed by atoms with Gasteiger partial charge in [0.15, 0.2) is 5.65 Å². The average molecular weight is 339 g/mol. The Balaban J connectivity index is 1.34. The number of rotatable bonds is 6. The number of carbonyl (C=O) groups excluding carboxylic acids is 1. The van der Waals surface area contributed by atoms with Crippen molar-refractivity contribution < 1.29 is 4.79 Å². The van der Waals surface area contributed by atoms with Gasteiger partial charge in [0.05, 0.1) is 11.9 Å². The first kappa shape index (κ1) is 15.7. The molecule has 0 saturated heterocycles. The molecule has 0 aliphatic heterocycles. The van der Waals surface area contributed by atoms with E-state index in [2.05, 4.69) is 29.9 Å². The van der Waals surface area contributed by atoms with Crippen LogP contribution in [0.1, 0.15) is 47.3 Å². The monoisotopic (exact) mass is 339 g/mol. The van der Waals surface area contributed by atoms with Gasteiger partial charge in [-0.2, -0.15) is 5.10 Å². The summed E-state index contributed by atoms with van der Waals surface area (Å²) < 4.78 is 3.96. The number of amides is 1. The van der Waals surface area contributed by atoms with Crippen molar-refractivity contribution in [3.05, 3.63) is 35.8 Å². The van der Waals surface area contributed by atoms with E-state index in [-0.39, 0.29) is 5.91 Å². The van der Waals surface area contributed by atoms with E-state index >= 15 is 0 Å². The third-order valence-corrected chi connectivity index (χ3v) is 4.41. The summed E-state index contributed by atoms with van der Waals surface area (Å²) in [5.41, 5.74) is 2.17. The van der Waals surface area contributed by atoms with Gasteiger partial charge in [0.1, 0.15) is 17.2 Å². The fourth-order valence-corrected chi connectivity index (χ4v) is 2.97. The first-order valence-electron chi connectivity index (χ1n) is 8.60. The van der Waals surface area contributed by atoms with E-state index in [1.807, 2.05) is 30.9 Å². The van der Waals surface area contributed by atoms with Gasteiger partial charge >= 0.3 is 0 Å². The molecule has 0 spiro atoms. The quantitative estimate of drug-likeness (QED) is 0.692. The number of aromatic nitrogens is 6. The van der Waals surface area contributed by atoms with Gasteiger partial charge in [0.2, 0.25) is 0 Å². The minimum absolute atomic E-state index is 0.123. The normalized spacial score (nSPS) is 14.2. The Labute approximate surface area is 145 Å². The number of hydrogen-bond donors (Lipinski definition) is 1. The molecule has 3 heterocycles. The molecular weight excluding hydrogens is 318 g/mol. The number of nitrogens with zero attached hydrogens (tertiary/aromatic N) is 6. The highest BCUT2D eigenvalue weighted by Gasteiger charge is 2.25. The number of aryl methyl sites for hydroxylation is 3. The molecule has 8 heteroatoms. The zero-order chi connectivity index (χ0) is 17.4. The van der Waals surface area contributed by atoms with Crippen LogP contribution in [-0.4, -0.2) is 41.8 Å². The maximum atomic E-state index is 12.3. The number of pyridine rings is 1. The second kappa shape index (κ2) is 6.27. The molecular formula is C17H21N7O. The standard InChI is InChI=1S/C17H21N7O/c1-11-21-12(2)24(22-11)7-3-6-18-17(25)13-8-15-16(19-9-13)23(10-20-15)14-4-5-14/h8-10,14H,3-7H2,1-2H3,(H,18,25). The third-order valence-electron chi connectivity index (χ3n) is 4.41. The number of fused-ring (bicyclic) bond motifs is 1. The van der Waals surface area contributed by atoms with Crippen molar-refractivity contribution in [1.82, 2.24) is 34.6 Å².